The second-order valence-corrected chi connectivity index (χ2v) is 4.56. The molecule has 0 aromatic carbocycles. The zero-order valence-corrected chi connectivity index (χ0v) is 11.4. The monoisotopic (exact) mass is 299 g/mol. The average Bonchev–Trinajstić information content (AvgIpc) is 2.80. The lowest BCUT2D eigenvalue weighted by molar-refractivity contribution is -0.0459. The van der Waals surface area contributed by atoms with E-state index in [1.54, 1.807) is 6.92 Å². The molecule has 2 heterocycles. The number of ether oxygens (including phenoxy) is 2. The van der Waals surface area contributed by atoms with Gasteiger partial charge in [-0.3, -0.25) is 4.57 Å². The molecule has 0 bridgehead atoms. The fourth-order valence-corrected chi connectivity index (χ4v) is 2.10. The highest BCUT2D eigenvalue weighted by atomic mass is 16.5. The quantitative estimate of drug-likeness (QED) is 0.580. The molecule has 1 fully saturated rings. The molecule has 0 spiro atoms. The Kier molecular flexibility index (Phi) is 4.56. The zero-order valence-electron chi connectivity index (χ0n) is 11.4. The molecule has 0 saturated carbocycles. The molecule has 0 unspecified atom stereocenters. The number of aliphatic hydroxyl groups is 2. The van der Waals surface area contributed by atoms with Gasteiger partial charge in [0.25, 0.3) is 0 Å². The molecule has 21 heavy (non-hydrogen) atoms. The van der Waals surface area contributed by atoms with Gasteiger partial charge >= 0.3 is 11.7 Å². The van der Waals surface area contributed by atoms with Crippen LogP contribution < -0.4 is 11.4 Å². The van der Waals surface area contributed by atoms with Crippen LogP contribution in [0.15, 0.2) is 11.0 Å². The van der Waals surface area contributed by atoms with Crippen molar-refractivity contribution in [2.24, 2.45) is 0 Å². The van der Waals surface area contributed by atoms with Crippen LogP contribution in [0.3, 0.4) is 0 Å². The third-order valence-electron chi connectivity index (χ3n) is 3.17. The lowest BCUT2D eigenvalue weighted by Crippen LogP contribution is -2.30. The van der Waals surface area contributed by atoms with E-state index in [4.69, 9.17) is 20.3 Å². The summed E-state index contributed by atoms with van der Waals surface area (Å²) in [6, 6.07) is 0. The van der Waals surface area contributed by atoms with E-state index >= 15 is 0 Å². The van der Waals surface area contributed by atoms with Crippen LogP contribution in [0, 0.1) is 0 Å². The fourth-order valence-electron chi connectivity index (χ4n) is 2.10. The minimum absolute atomic E-state index is 0.0537. The van der Waals surface area contributed by atoms with Gasteiger partial charge in [-0.25, -0.2) is 9.59 Å². The van der Waals surface area contributed by atoms with Crippen molar-refractivity contribution in [2.75, 3.05) is 18.9 Å². The molecular weight excluding hydrogens is 282 g/mol. The van der Waals surface area contributed by atoms with E-state index in [9.17, 15) is 14.7 Å². The summed E-state index contributed by atoms with van der Waals surface area (Å²) in [5.41, 5.74) is 4.78. The van der Waals surface area contributed by atoms with E-state index in [1.807, 2.05) is 0 Å². The molecular formula is C12H17N3O6. The van der Waals surface area contributed by atoms with Gasteiger partial charge in [-0.05, 0) is 6.92 Å². The summed E-state index contributed by atoms with van der Waals surface area (Å²) in [4.78, 5) is 27.2. The summed E-state index contributed by atoms with van der Waals surface area (Å²) in [6.45, 7) is 1.42. The molecule has 1 aromatic heterocycles. The SMILES string of the molecule is CCOC(=O)c1cn([C@H]2C[C@@H](O)[C@H](CO)O2)c(=O)nc1N. The first kappa shape index (κ1) is 15.4. The lowest BCUT2D eigenvalue weighted by atomic mass is 10.2. The molecule has 116 valence electrons. The number of aromatic nitrogens is 2. The van der Waals surface area contributed by atoms with Crippen LogP contribution in [0.25, 0.3) is 0 Å². The first-order chi connectivity index (χ1) is 9.97. The molecule has 9 heteroatoms. The molecule has 1 aliphatic rings. The summed E-state index contributed by atoms with van der Waals surface area (Å²) in [7, 11) is 0. The van der Waals surface area contributed by atoms with E-state index in [2.05, 4.69) is 4.98 Å². The van der Waals surface area contributed by atoms with Crippen molar-refractivity contribution >= 4 is 11.8 Å². The maximum atomic E-state index is 11.9. The molecule has 3 atom stereocenters. The Morgan fingerprint density at radius 1 is 1.67 bits per heavy atom. The Morgan fingerprint density at radius 3 is 2.95 bits per heavy atom. The molecule has 9 nitrogen and oxygen atoms in total. The number of nitrogens with zero attached hydrogens (tertiary/aromatic N) is 2. The molecule has 1 saturated heterocycles. The average molecular weight is 299 g/mol. The van der Waals surface area contributed by atoms with Crippen LogP contribution in [-0.2, 0) is 9.47 Å². The number of carbonyl (C=O) groups is 1. The highest BCUT2D eigenvalue weighted by molar-refractivity contribution is 5.93. The highest BCUT2D eigenvalue weighted by Crippen LogP contribution is 2.27. The molecule has 1 aliphatic heterocycles. The van der Waals surface area contributed by atoms with Crippen LogP contribution in [-0.4, -0.2) is 51.2 Å². The van der Waals surface area contributed by atoms with Crippen LogP contribution in [0.4, 0.5) is 5.82 Å². The standard InChI is InChI=1S/C12H17N3O6/c1-2-20-11(18)6-4-15(12(19)14-10(6)13)9-3-7(17)8(5-16)21-9/h4,7-9,16-17H,2-3,5H2,1H3,(H2,13,14,19)/t7-,8+,9-/m1/s1. The largest absolute Gasteiger partial charge is 0.462 e. The highest BCUT2D eigenvalue weighted by Gasteiger charge is 2.35. The summed E-state index contributed by atoms with van der Waals surface area (Å²) in [5.74, 6) is -0.930. The van der Waals surface area contributed by atoms with Crippen molar-refractivity contribution in [2.45, 2.75) is 31.8 Å². The topological polar surface area (TPSA) is 137 Å². The van der Waals surface area contributed by atoms with Gasteiger partial charge in [0.2, 0.25) is 0 Å². The number of hydrogen-bond acceptors (Lipinski definition) is 8. The second-order valence-electron chi connectivity index (χ2n) is 4.56. The number of carbonyl (C=O) groups excluding carboxylic acids is 1. The van der Waals surface area contributed by atoms with E-state index < -0.39 is 30.1 Å². The third kappa shape index (κ3) is 3.04. The van der Waals surface area contributed by atoms with Gasteiger partial charge < -0.3 is 25.4 Å². The Labute approximate surface area is 119 Å². The van der Waals surface area contributed by atoms with Gasteiger partial charge in [-0.15, -0.1) is 0 Å². The van der Waals surface area contributed by atoms with Gasteiger partial charge in [0.15, 0.2) is 0 Å². The van der Waals surface area contributed by atoms with Crippen LogP contribution in [0.2, 0.25) is 0 Å². The number of nitrogens with two attached hydrogens (primary N) is 1. The van der Waals surface area contributed by atoms with Crippen molar-refractivity contribution in [3.8, 4) is 0 Å². The molecule has 0 radical (unpaired) electrons. The van der Waals surface area contributed by atoms with Crippen molar-refractivity contribution < 1.29 is 24.5 Å². The van der Waals surface area contributed by atoms with E-state index in [0.717, 1.165) is 4.57 Å². The smallest absolute Gasteiger partial charge is 0.351 e. The Balaban J connectivity index is 2.34. The maximum absolute atomic E-state index is 11.9. The summed E-state index contributed by atoms with van der Waals surface area (Å²) < 4.78 is 11.2. The van der Waals surface area contributed by atoms with E-state index in [-0.39, 0.29) is 31.0 Å². The van der Waals surface area contributed by atoms with Crippen molar-refractivity contribution in [3.63, 3.8) is 0 Å². The Morgan fingerprint density at radius 2 is 2.38 bits per heavy atom. The van der Waals surface area contributed by atoms with Crippen molar-refractivity contribution in [3.05, 3.63) is 22.2 Å². The maximum Gasteiger partial charge on any atom is 0.351 e. The molecule has 0 aliphatic carbocycles. The minimum atomic E-state index is -0.907. The number of nitrogen functional groups attached to an aromatic ring is 1. The van der Waals surface area contributed by atoms with E-state index in [0.29, 0.717) is 0 Å². The van der Waals surface area contributed by atoms with Crippen LogP contribution >= 0.6 is 0 Å². The van der Waals surface area contributed by atoms with Crippen molar-refractivity contribution in [1.82, 2.24) is 9.55 Å². The molecule has 2 rings (SSSR count). The van der Waals surface area contributed by atoms with Crippen molar-refractivity contribution in [1.29, 1.82) is 0 Å². The van der Waals surface area contributed by atoms with Gasteiger partial charge in [0.1, 0.15) is 23.7 Å². The molecule has 4 N–H and O–H groups in total. The Bertz CT molecular complexity index is 587. The normalized spacial score (nSPS) is 25.0. The number of aliphatic hydroxyl groups excluding tert-OH is 2. The first-order valence-electron chi connectivity index (χ1n) is 6.48. The number of hydrogen-bond donors (Lipinski definition) is 3. The van der Waals surface area contributed by atoms with Gasteiger partial charge in [0.05, 0.1) is 19.3 Å². The summed E-state index contributed by atoms with van der Waals surface area (Å²) in [5, 5.41) is 18.7. The van der Waals surface area contributed by atoms with Gasteiger partial charge in [-0.2, -0.15) is 4.98 Å². The van der Waals surface area contributed by atoms with Crippen LogP contribution in [0.5, 0.6) is 0 Å². The molecule has 0 amide bonds. The number of esters is 1. The lowest BCUT2D eigenvalue weighted by Gasteiger charge is -2.15. The van der Waals surface area contributed by atoms with Gasteiger partial charge in [-0.1, -0.05) is 0 Å². The predicted molar refractivity (Wildman–Crippen MR) is 70.5 cm³/mol. The van der Waals surface area contributed by atoms with Gasteiger partial charge in [0, 0.05) is 12.6 Å². The predicted octanol–water partition coefficient (Wildman–Crippen LogP) is -1.36. The molecule has 1 aromatic rings. The van der Waals surface area contributed by atoms with Crippen LogP contribution in [0.1, 0.15) is 29.9 Å². The summed E-state index contributed by atoms with van der Waals surface area (Å²) in [6.07, 6.45) is -1.23. The first-order valence-corrected chi connectivity index (χ1v) is 6.48. The second kappa shape index (κ2) is 6.20. The summed E-state index contributed by atoms with van der Waals surface area (Å²) >= 11 is 0. The number of rotatable bonds is 4. The number of anilines is 1. The zero-order chi connectivity index (χ0) is 15.6. The Hall–Kier alpha value is -1.97. The minimum Gasteiger partial charge on any atom is -0.462 e. The fraction of sp³-hybridized carbons (Fsp3) is 0.583. The third-order valence-corrected chi connectivity index (χ3v) is 3.17. The van der Waals surface area contributed by atoms with E-state index in [1.165, 1.54) is 6.20 Å².